The lowest BCUT2D eigenvalue weighted by molar-refractivity contribution is 0.247. The molecule has 2 atom stereocenters. The van der Waals surface area contributed by atoms with Crippen molar-refractivity contribution in [1.82, 2.24) is 0 Å². The second-order valence-corrected chi connectivity index (χ2v) is 10.4. The van der Waals surface area contributed by atoms with Crippen molar-refractivity contribution < 1.29 is 56.2 Å². The summed E-state index contributed by atoms with van der Waals surface area (Å²) in [5.41, 5.74) is 0. The smallest absolute Gasteiger partial charge is 0.315 e. The van der Waals surface area contributed by atoms with Crippen molar-refractivity contribution in [3.05, 3.63) is 0 Å². The highest BCUT2D eigenvalue weighted by Gasteiger charge is 2.53. The molecule has 16 heavy (non-hydrogen) atoms. The highest BCUT2D eigenvalue weighted by atomic mass is 32.1. The van der Waals surface area contributed by atoms with Gasteiger partial charge in [-0.25, -0.2) is 18.3 Å². The minimum atomic E-state index is -5.98. The summed E-state index contributed by atoms with van der Waals surface area (Å²) in [7, 11) is -23.2. The first-order valence-electron chi connectivity index (χ1n) is 2.86. The number of hydrogen-bond acceptors (Lipinski definition) is 6. The van der Waals surface area contributed by atoms with Gasteiger partial charge in [0.25, 0.3) is 0 Å². The lowest BCUT2D eigenvalue weighted by Gasteiger charge is -2.17. The van der Waals surface area contributed by atoms with Crippen molar-refractivity contribution >= 4 is 30.2 Å². The maximum atomic E-state index is 10.8. The Labute approximate surface area is 87.3 Å². The summed E-state index contributed by atoms with van der Waals surface area (Å²) in [4.78, 5) is 49.6. The van der Waals surface area contributed by atoms with Crippen LogP contribution in [0.4, 0.5) is 0 Å². The summed E-state index contributed by atoms with van der Waals surface area (Å²) in [5, 5.41) is 0. The van der Waals surface area contributed by atoms with Crippen LogP contribution in [0.25, 0.3) is 0 Å². The molecule has 0 aliphatic carbocycles. The van der Waals surface area contributed by atoms with E-state index in [4.69, 9.17) is 29.4 Å². The second-order valence-electron chi connectivity index (χ2n) is 2.13. The Kier molecular flexibility index (Phi) is 4.88. The molecule has 2 unspecified atom stereocenters. The molecule has 0 amide bonds. The second kappa shape index (κ2) is 4.70. The molecule has 12 nitrogen and oxygen atoms in total. The molecule has 0 heterocycles. The van der Waals surface area contributed by atoms with Crippen LogP contribution in [0.1, 0.15) is 0 Å². The Morgan fingerprint density at radius 3 is 0.875 bits per heavy atom. The van der Waals surface area contributed by atoms with Crippen molar-refractivity contribution in [2.45, 2.75) is 0 Å². The fraction of sp³-hybridized carbons (Fsp3) is 0. The number of hydrogen-bond donors (Lipinski definition) is 6. The molecule has 0 spiro atoms. The molecule has 0 bridgehead atoms. The van der Waals surface area contributed by atoms with Gasteiger partial charge in [0, 0.05) is 0 Å². The molecule has 0 fully saturated rings. The first-order valence-corrected chi connectivity index (χ1v) is 9.78. The van der Waals surface area contributed by atoms with E-state index in [9.17, 15) is 18.3 Å². The molecule has 0 saturated heterocycles. The fourth-order valence-corrected chi connectivity index (χ4v) is 6.70. The molecule has 0 aromatic rings. The quantitative estimate of drug-likeness (QED) is 0.353. The molecule has 0 aromatic heterocycles. The van der Waals surface area contributed by atoms with Gasteiger partial charge in [-0.1, -0.05) is 0 Å². The predicted octanol–water partition coefficient (Wildman–Crippen LogP) is -0.509. The van der Waals surface area contributed by atoms with Crippen LogP contribution in [0, 0.1) is 0 Å². The molecule has 98 valence electrons. The average molecular weight is 322 g/mol. The van der Waals surface area contributed by atoms with Crippen LogP contribution < -0.4 is 0 Å². The maximum absolute atomic E-state index is 10.8. The Morgan fingerprint density at radius 2 is 0.750 bits per heavy atom. The van der Waals surface area contributed by atoms with E-state index >= 15 is 0 Å². The Hall–Kier alpha value is 0.600. The van der Waals surface area contributed by atoms with Gasteiger partial charge in [-0.3, -0.25) is 0 Å². The number of phosphoric acid groups is 2. The van der Waals surface area contributed by atoms with E-state index in [2.05, 4.69) is 8.62 Å². The molecule has 6 N–H and O–H groups in total. The molecule has 16 heteroatoms. The van der Waals surface area contributed by atoms with Gasteiger partial charge in [0.1, 0.15) is 0 Å². The minimum Gasteiger partial charge on any atom is -0.315 e. The van der Waals surface area contributed by atoms with Crippen LogP contribution in [-0.2, 0) is 26.9 Å². The molecule has 0 rings (SSSR count). The van der Waals surface area contributed by atoms with Crippen LogP contribution in [-0.4, -0.2) is 29.4 Å². The van der Waals surface area contributed by atoms with Gasteiger partial charge in [0.15, 0.2) is 0 Å². The van der Waals surface area contributed by atoms with Crippen LogP contribution >= 0.6 is 30.2 Å². The van der Waals surface area contributed by atoms with E-state index in [1.807, 2.05) is 0 Å². The highest BCUT2D eigenvalue weighted by molar-refractivity contribution is 8.28. The predicted molar refractivity (Wildman–Crippen MR) is 45.9 cm³/mol. The lowest BCUT2D eigenvalue weighted by atomic mass is 15.7. The van der Waals surface area contributed by atoms with Gasteiger partial charge in [-0.2, -0.15) is 8.62 Å². The van der Waals surface area contributed by atoms with Gasteiger partial charge in [0.05, 0.1) is 0 Å². The molecule has 0 aromatic carbocycles. The molecule has 0 radical (unpaired) electrons. The van der Waals surface area contributed by atoms with E-state index in [0.29, 0.717) is 0 Å². The monoisotopic (exact) mass is 322 g/mol. The van der Waals surface area contributed by atoms with E-state index in [1.54, 1.807) is 0 Å². The third kappa shape index (κ3) is 5.79. The van der Waals surface area contributed by atoms with E-state index in [1.165, 1.54) is 0 Å². The normalized spacial score (nSPS) is 21.1. The molecular formula is H6O12P4. The number of rotatable bonds is 5. The summed E-state index contributed by atoms with van der Waals surface area (Å²) in [5.74, 6) is 0. The summed E-state index contributed by atoms with van der Waals surface area (Å²) in [6.45, 7) is 0. The average Bonchev–Trinajstić information content (AvgIpc) is 1.72. The van der Waals surface area contributed by atoms with Gasteiger partial charge >= 0.3 is 30.2 Å². The molecular weight excluding hydrogens is 316 g/mol. The standard InChI is InChI=1S/H6O12P4/c1-13(2,3)11-15(7,8)16(9,10)12-14(4,5)6/h(H,7,8)(H,9,10)(H2,1,2,3)(H2,4,5,6). The van der Waals surface area contributed by atoms with Crippen LogP contribution in [0.5, 0.6) is 0 Å². The van der Waals surface area contributed by atoms with Crippen LogP contribution in [0.15, 0.2) is 0 Å². The largest absolute Gasteiger partial charge is 0.477 e. The van der Waals surface area contributed by atoms with Crippen molar-refractivity contribution in [1.29, 1.82) is 0 Å². The SMILES string of the molecule is O=P(O)(O)OP(=O)(O)P(=O)(O)OP(=O)(O)O. The Bertz CT molecular complexity index is 388. The van der Waals surface area contributed by atoms with Gasteiger partial charge in [-0.15, -0.1) is 0 Å². The summed E-state index contributed by atoms with van der Waals surface area (Å²) in [6.07, 6.45) is 0. The van der Waals surface area contributed by atoms with Crippen molar-refractivity contribution in [3.63, 3.8) is 0 Å². The van der Waals surface area contributed by atoms with Crippen LogP contribution in [0.2, 0.25) is 0 Å². The van der Waals surface area contributed by atoms with Gasteiger partial charge < -0.3 is 29.4 Å². The lowest BCUT2D eigenvalue weighted by Crippen LogP contribution is -1.93. The summed E-state index contributed by atoms with van der Waals surface area (Å²) >= 11 is 0. The zero-order chi connectivity index (χ0) is 13.4. The highest BCUT2D eigenvalue weighted by Crippen LogP contribution is 2.84. The maximum Gasteiger partial charge on any atom is 0.477 e. The summed E-state index contributed by atoms with van der Waals surface area (Å²) < 4.78 is 47.9. The molecule has 0 saturated carbocycles. The van der Waals surface area contributed by atoms with Crippen molar-refractivity contribution in [2.75, 3.05) is 0 Å². The first kappa shape index (κ1) is 16.6. The van der Waals surface area contributed by atoms with Crippen LogP contribution in [0.3, 0.4) is 0 Å². The third-order valence-electron chi connectivity index (χ3n) is 0.745. The zero-order valence-electron chi connectivity index (χ0n) is 6.92. The first-order chi connectivity index (χ1) is 6.66. The molecule has 0 aliphatic rings. The Morgan fingerprint density at radius 1 is 0.562 bits per heavy atom. The fourth-order valence-electron chi connectivity index (χ4n) is 0.369. The summed E-state index contributed by atoms with van der Waals surface area (Å²) in [6, 6.07) is 0. The van der Waals surface area contributed by atoms with E-state index < -0.39 is 30.2 Å². The topological polar surface area (TPSA) is 208 Å². The van der Waals surface area contributed by atoms with Gasteiger partial charge in [-0.05, 0) is 0 Å². The van der Waals surface area contributed by atoms with Crippen molar-refractivity contribution in [3.8, 4) is 0 Å². The van der Waals surface area contributed by atoms with E-state index in [-0.39, 0.29) is 0 Å². The van der Waals surface area contributed by atoms with Crippen molar-refractivity contribution in [2.24, 2.45) is 0 Å². The Balaban J connectivity index is 5.17. The zero-order valence-corrected chi connectivity index (χ0v) is 10.5. The minimum absolute atomic E-state index is 3.03. The molecule has 0 aliphatic heterocycles. The third-order valence-corrected chi connectivity index (χ3v) is 8.02. The van der Waals surface area contributed by atoms with Gasteiger partial charge in [0.2, 0.25) is 0 Å². The van der Waals surface area contributed by atoms with E-state index in [0.717, 1.165) is 0 Å².